The number of ether oxygens (including phenoxy) is 1. The lowest BCUT2D eigenvalue weighted by atomic mass is 10.1. The van der Waals surface area contributed by atoms with Gasteiger partial charge in [-0.05, 0) is 32.0 Å². The number of hydrogen-bond acceptors (Lipinski definition) is 2. The van der Waals surface area contributed by atoms with Gasteiger partial charge in [-0.25, -0.2) is 0 Å². The number of nitrogens with two attached hydrogens (primary N) is 1. The van der Waals surface area contributed by atoms with E-state index in [-0.39, 0.29) is 6.04 Å². The summed E-state index contributed by atoms with van der Waals surface area (Å²) in [4.78, 5) is 0. The van der Waals surface area contributed by atoms with E-state index < -0.39 is 0 Å². The summed E-state index contributed by atoms with van der Waals surface area (Å²) in [5.41, 5.74) is 8.90. The predicted molar refractivity (Wildman–Crippen MR) is 84.6 cm³/mol. The molecule has 1 atom stereocenters. The average Bonchev–Trinajstić information content (AvgIpc) is 2.39. The van der Waals surface area contributed by atoms with Gasteiger partial charge in [0, 0.05) is 27.2 Å². The van der Waals surface area contributed by atoms with Crippen LogP contribution < -0.4 is 10.5 Å². The van der Waals surface area contributed by atoms with E-state index in [9.17, 15) is 0 Å². The van der Waals surface area contributed by atoms with Crippen molar-refractivity contribution in [1.29, 1.82) is 0 Å². The van der Waals surface area contributed by atoms with E-state index in [1.54, 1.807) is 12.1 Å². The van der Waals surface area contributed by atoms with Crippen molar-refractivity contribution in [3.8, 4) is 5.75 Å². The zero-order valence-electron chi connectivity index (χ0n) is 11.5. The summed E-state index contributed by atoms with van der Waals surface area (Å²) < 4.78 is 5.85. The summed E-state index contributed by atoms with van der Waals surface area (Å²) in [7, 11) is 0. The fourth-order valence-electron chi connectivity index (χ4n) is 1.98. The molecule has 2 N–H and O–H groups in total. The molecule has 0 spiro atoms. The maximum absolute atomic E-state index is 6.13. The van der Waals surface area contributed by atoms with Crippen LogP contribution >= 0.6 is 23.2 Å². The lowest BCUT2D eigenvalue weighted by molar-refractivity contribution is 0.301. The summed E-state index contributed by atoms with van der Waals surface area (Å²) in [6.07, 6.45) is 0. The van der Waals surface area contributed by atoms with Gasteiger partial charge in [-0.15, -0.1) is 0 Å². The van der Waals surface area contributed by atoms with Crippen LogP contribution in [-0.4, -0.2) is 0 Å². The Hall–Kier alpha value is -1.22. The van der Waals surface area contributed by atoms with Gasteiger partial charge in [0.2, 0.25) is 0 Å². The molecule has 20 heavy (non-hydrogen) atoms. The molecule has 106 valence electrons. The second kappa shape index (κ2) is 6.49. The lowest BCUT2D eigenvalue weighted by Crippen LogP contribution is -2.08. The van der Waals surface area contributed by atoms with Gasteiger partial charge in [0.1, 0.15) is 12.4 Å². The molecular formula is C16H17Cl2NO. The van der Waals surface area contributed by atoms with Gasteiger partial charge in [-0.1, -0.05) is 47.0 Å². The predicted octanol–water partition coefficient (Wildman–Crippen LogP) is 4.90. The van der Waals surface area contributed by atoms with E-state index in [2.05, 4.69) is 0 Å². The Morgan fingerprint density at radius 1 is 1.15 bits per heavy atom. The van der Waals surface area contributed by atoms with Crippen LogP contribution in [-0.2, 0) is 6.61 Å². The Balaban J connectivity index is 2.23. The smallest absolute Gasteiger partial charge is 0.124 e. The quantitative estimate of drug-likeness (QED) is 0.871. The first-order chi connectivity index (χ1) is 9.49. The summed E-state index contributed by atoms with van der Waals surface area (Å²) in [5.74, 6) is 0.765. The van der Waals surface area contributed by atoms with Crippen LogP contribution in [0.25, 0.3) is 0 Å². The third-order valence-corrected chi connectivity index (χ3v) is 3.80. The fraction of sp³-hybridized carbons (Fsp3) is 0.250. The molecule has 0 aromatic heterocycles. The highest BCUT2D eigenvalue weighted by atomic mass is 35.5. The third kappa shape index (κ3) is 3.45. The monoisotopic (exact) mass is 309 g/mol. The first kappa shape index (κ1) is 15.2. The molecule has 1 unspecified atom stereocenters. The molecule has 2 aromatic rings. The van der Waals surface area contributed by atoms with Crippen molar-refractivity contribution in [3.05, 3.63) is 63.1 Å². The number of aryl methyl sites for hydroxylation is 1. The van der Waals surface area contributed by atoms with Gasteiger partial charge in [0.15, 0.2) is 0 Å². The van der Waals surface area contributed by atoms with Gasteiger partial charge in [0.25, 0.3) is 0 Å². The Bertz CT molecular complexity index is 591. The molecule has 0 saturated heterocycles. The minimum atomic E-state index is -0.0911. The zero-order valence-corrected chi connectivity index (χ0v) is 13.0. The SMILES string of the molecule is Cc1ccc(OCc2c(Cl)cccc2Cl)c(C(C)N)c1. The van der Waals surface area contributed by atoms with Crippen molar-refractivity contribution in [2.45, 2.75) is 26.5 Å². The van der Waals surface area contributed by atoms with Crippen molar-refractivity contribution in [1.82, 2.24) is 0 Å². The maximum Gasteiger partial charge on any atom is 0.124 e. The van der Waals surface area contributed by atoms with E-state index >= 15 is 0 Å². The molecule has 0 aliphatic carbocycles. The number of rotatable bonds is 4. The molecule has 0 radical (unpaired) electrons. The van der Waals surface area contributed by atoms with Crippen LogP contribution in [0.3, 0.4) is 0 Å². The molecular weight excluding hydrogens is 293 g/mol. The number of benzene rings is 2. The first-order valence-corrected chi connectivity index (χ1v) is 7.16. The van der Waals surface area contributed by atoms with Gasteiger partial charge in [-0.2, -0.15) is 0 Å². The van der Waals surface area contributed by atoms with Gasteiger partial charge >= 0.3 is 0 Å². The van der Waals surface area contributed by atoms with Gasteiger partial charge in [-0.3, -0.25) is 0 Å². The molecule has 2 nitrogen and oxygen atoms in total. The van der Waals surface area contributed by atoms with Crippen LogP contribution in [0.5, 0.6) is 5.75 Å². The molecule has 4 heteroatoms. The summed E-state index contributed by atoms with van der Waals surface area (Å²) in [6.45, 7) is 4.28. The highest BCUT2D eigenvalue weighted by molar-refractivity contribution is 6.35. The third-order valence-electron chi connectivity index (χ3n) is 3.09. The van der Waals surface area contributed by atoms with Crippen LogP contribution in [0.4, 0.5) is 0 Å². The second-order valence-corrected chi connectivity index (χ2v) is 5.63. The first-order valence-electron chi connectivity index (χ1n) is 6.41. The molecule has 0 fully saturated rings. The Labute approximate surface area is 129 Å². The normalized spacial score (nSPS) is 12.2. The molecule has 2 rings (SSSR count). The van der Waals surface area contributed by atoms with E-state index in [1.807, 2.05) is 38.1 Å². The van der Waals surface area contributed by atoms with Crippen molar-refractivity contribution in [2.75, 3.05) is 0 Å². The van der Waals surface area contributed by atoms with E-state index in [0.29, 0.717) is 16.7 Å². The zero-order chi connectivity index (χ0) is 14.7. The molecule has 0 saturated carbocycles. The topological polar surface area (TPSA) is 35.2 Å². The van der Waals surface area contributed by atoms with Gasteiger partial charge in [0.05, 0.1) is 0 Å². The van der Waals surface area contributed by atoms with Crippen molar-refractivity contribution in [3.63, 3.8) is 0 Å². The summed E-state index contributed by atoms with van der Waals surface area (Å²) in [6, 6.07) is 11.3. The maximum atomic E-state index is 6.13. The van der Waals surface area contributed by atoms with E-state index in [4.69, 9.17) is 33.7 Å². The van der Waals surface area contributed by atoms with E-state index in [1.165, 1.54) is 0 Å². The van der Waals surface area contributed by atoms with Crippen molar-refractivity contribution < 1.29 is 4.74 Å². The minimum absolute atomic E-state index is 0.0911. The van der Waals surface area contributed by atoms with Gasteiger partial charge < -0.3 is 10.5 Å². The Morgan fingerprint density at radius 2 is 1.80 bits per heavy atom. The average molecular weight is 310 g/mol. The van der Waals surface area contributed by atoms with Crippen molar-refractivity contribution >= 4 is 23.2 Å². The Kier molecular flexibility index (Phi) is 4.92. The van der Waals surface area contributed by atoms with E-state index in [0.717, 1.165) is 22.4 Å². The highest BCUT2D eigenvalue weighted by Gasteiger charge is 2.11. The number of halogens is 2. The minimum Gasteiger partial charge on any atom is -0.488 e. The second-order valence-electron chi connectivity index (χ2n) is 4.82. The summed E-state index contributed by atoms with van der Waals surface area (Å²) in [5, 5.41) is 1.21. The molecule has 0 aliphatic rings. The molecule has 0 amide bonds. The van der Waals surface area contributed by atoms with Crippen LogP contribution in [0.1, 0.15) is 29.7 Å². The highest BCUT2D eigenvalue weighted by Crippen LogP contribution is 2.29. The fourth-order valence-corrected chi connectivity index (χ4v) is 2.48. The van der Waals surface area contributed by atoms with Crippen LogP contribution in [0, 0.1) is 6.92 Å². The largest absolute Gasteiger partial charge is 0.488 e. The molecule has 2 aromatic carbocycles. The molecule has 0 bridgehead atoms. The molecule has 0 heterocycles. The molecule has 0 aliphatic heterocycles. The number of hydrogen-bond donors (Lipinski definition) is 1. The Morgan fingerprint density at radius 3 is 2.40 bits per heavy atom. The van der Waals surface area contributed by atoms with Crippen LogP contribution in [0.2, 0.25) is 10.0 Å². The summed E-state index contributed by atoms with van der Waals surface area (Å²) >= 11 is 12.3. The lowest BCUT2D eigenvalue weighted by Gasteiger charge is -2.16. The van der Waals surface area contributed by atoms with Crippen LogP contribution in [0.15, 0.2) is 36.4 Å². The van der Waals surface area contributed by atoms with Crippen molar-refractivity contribution in [2.24, 2.45) is 5.73 Å². The standard InChI is InChI=1S/C16H17Cl2NO/c1-10-6-7-16(12(8-10)11(2)19)20-9-13-14(17)4-3-5-15(13)18/h3-8,11H,9,19H2,1-2H3.